The minimum absolute atomic E-state index is 0.0421. The molecule has 1 aliphatic rings. The Balaban J connectivity index is 1.37. The standard InChI is InChI=1S/C23H24N4O3/c1-24-16-19(23(28)18-5-3-2-4-6-18)15-22(24)17-25-11-13-26(14-12-25)20-7-9-21(10-8-20)27(29)30/h2-10,15-16H,11-14,17H2,1H3. The minimum Gasteiger partial charge on any atom is -0.369 e. The lowest BCUT2D eigenvalue weighted by atomic mass is 10.1. The van der Waals surface area contributed by atoms with Crippen LogP contribution in [0.3, 0.4) is 0 Å². The molecule has 0 spiro atoms. The van der Waals surface area contributed by atoms with Crippen LogP contribution in [0.15, 0.2) is 66.9 Å². The third-order valence-corrected chi connectivity index (χ3v) is 5.59. The van der Waals surface area contributed by atoms with Crippen molar-refractivity contribution in [2.45, 2.75) is 6.54 Å². The van der Waals surface area contributed by atoms with Crippen LogP contribution in [-0.4, -0.2) is 46.4 Å². The summed E-state index contributed by atoms with van der Waals surface area (Å²) < 4.78 is 2.03. The molecule has 1 aromatic heterocycles. The maximum absolute atomic E-state index is 12.7. The Hall–Kier alpha value is -3.45. The fourth-order valence-corrected chi connectivity index (χ4v) is 3.83. The molecule has 154 valence electrons. The normalized spacial score (nSPS) is 14.6. The van der Waals surface area contributed by atoms with Crippen molar-refractivity contribution in [3.05, 3.63) is 93.8 Å². The summed E-state index contributed by atoms with van der Waals surface area (Å²) in [5, 5.41) is 10.8. The maximum Gasteiger partial charge on any atom is 0.269 e. The zero-order valence-corrected chi connectivity index (χ0v) is 16.9. The monoisotopic (exact) mass is 404 g/mol. The van der Waals surface area contributed by atoms with E-state index in [0.29, 0.717) is 11.1 Å². The number of ketones is 1. The molecule has 0 amide bonds. The van der Waals surface area contributed by atoms with Crippen molar-refractivity contribution in [3.8, 4) is 0 Å². The van der Waals surface area contributed by atoms with Crippen LogP contribution >= 0.6 is 0 Å². The Labute approximate surface area is 175 Å². The molecule has 0 unspecified atom stereocenters. The van der Waals surface area contributed by atoms with Crippen molar-refractivity contribution in [2.24, 2.45) is 7.05 Å². The smallest absolute Gasteiger partial charge is 0.269 e. The topological polar surface area (TPSA) is 71.6 Å². The van der Waals surface area contributed by atoms with E-state index >= 15 is 0 Å². The highest BCUT2D eigenvalue weighted by atomic mass is 16.6. The summed E-state index contributed by atoms with van der Waals surface area (Å²) in [4.78, 5) is 27.8. The number of nitrogens with zero attached hydrogens (tertiary/aromatic N) is 4. The predicted molar refractivity (Wildman–Crippen MR) is 116 cm³/mol. The van der Waals surface area contributed by atoms with E-state index in [1.807, 2.05) is 66.3 Å². The summed E-state index contributed by atoms with van der Waals surface area (Å²) >= 11 is 0. The third kappa shape index (κ3) is 4.26. The first-order chi connectivity index (χ1) is 14.5. The molecule has 7 nitrogen and oxygen atoms in total. The largest absolute Gasteiger partial charge is 0.369 e. The number of benzene rings is 2. The van der Waals surface area contributed by atoms with Gasteiger partial charge in [-0.25, -0.2) is 0 Å². The molecular formula is C23H24N4O3. The molecule has 0 radical (unpaired) electrons. The second-order valence-corrected chi connectivity index (χ2v) is 7.56. The lowest BCUT2D eigenvalue weighted by Crippen LogP contribution is -2.46. The average Bonchev–Trinajstić information content (AvgIpc) is 3.14. The van der Waals surface area contributed by atoms with Gasteiger partial charge in [-0.05, 0) is 18.2 Å². The first kappa shape index (κ1) is 19.8. The number of anilines is 1. The lowest BCUT2D eigenvalue weighted by molar-refractivity contribution is -0.384. The van der Waals surface area contributed by atoms with Gasteiger partial charge in [0.25, 0.3) is 5.69 Å². The molecule has 0 bridgehead atoms. The Morgan fingerprint density at radius 2 is 1.63 bits per heavy atom. The second-order valence-electron chi connectivity index (χ2n) is 7.56. The Morgan fingerprint density at radius 1 is 0.967 bits per heavy atom. The zero-order chi connectivity index (χ0) is 21.1. The van der Waals surface area contributed by atoms with Gasteiger partial charge in [-0.1, -0.05) is 30.3 Å². The van der Waals surface area contributed by atoms with E-state index in [0.717, 1.165) is 44.1 Å². The van der Waals surface area contributed by atoms with Crippen molar-refractivity contribution in [3.63, 3.8) is 0 Å². The highest BCUT2D eigenvalue weighted by Gasteiger charge is 2.20. The molecule has 1 fully saturated rings. The number of rotatable bonds is 6. The SMILES string of the molecule is Cn1cc(C(=O)c2ccccc2)cc1CN1CCN(c2ccc([N+](=O)[O-])cc2)CC1. The first-order valence-corrected chi connectivity index (χ1v) is 9.98. The molecular weight excluding hydrogens is 380 g/mol. The Kier molecular flexibility index (Phi) is 5.63. The maximum atomic E-state index is 12.7. The molecule has 0 saturated carbocycles. The van der Waals surface area contributed by atoms with Gasteiger partial charge < -0.3 is 9.47 Å². The summed E-state index contributed by atoms with van der Waals surface area (Å²) in [6.45, 7) is 4.29. The van der Waals surface area contributed by atoms with Gasteiger partial charge in [0.1, 0.15) is 0 Å². The van der Waals surface area contributed by atoms with E-state index in [4.69, 9.17) is 0 Å². The van der Waals surface area contributed by atoms with Crippen LogP contribution in [0.2, 0.25) is 0 Å². The predicted octanol–water partition coefficient (Wildman–Crippen LogP) is 3.49. The molecule has 1 aliphatic heterocycles. The number of nitro groups is 1. The molecule has 0 aliphatic carbocycles. The number of hydrogen-bond acceptors (Lipinski definition) is 5. The lowest BCUT2D eigenvalue weighted by Gasteiger charge is -2.36. The molecule has 2 heterocycles. The molecule has 4 rings (SSSR count). The third-order valence-electron chi connectivity index (χ3n) is 5.59. The van der Waals surface area contributed by atoms with Gasteiger partial charge in [0, 0.05) is 80.6 Å². The summed E-state index contributed by atoms with van der Waals surface area (Å²) in [6.07, 6.45) is 1.90. The number of nitro benzene ring substituents is 1. The minimum atomic E-state index is -0.377. The number of non-ortho nitro benzene ring substituents is 1. The van der Waals surface area contributed by atoms with Crippen molar-refractivity contribution >= 4 is 17.2 Å². The summed E-state index contributed by atoms with van der Waals surface area (Å²) in [6, 6.07) is 18.1. The number of carbonyl (C=O) groups excluding carboxylic acids is 1. The van der Waals surface area contributed by atoms with Gasteiger partial charge in [0.05, 0.1) is 4.92 Å². The van der Waals surface area contributed by atoms with Crippen molar-refractivity contribution < 1.29 is 9.72 Å². The molecule has 0 atom stereocenters. The number of hydrogen-bond donors (Lipinski definition) is 0. The molecule has 30 heavy (non-hydrogen) atoms. The van der Waals surface area contributed by atoms with Gasteiger partial charge in [0.15, 0.2) is 5.78 Å². The fraction of sp³-hybridized carbons (Fsp3) is 0.261. The molecule has 1 saturated heterocycles. The summed E-state index contributed by atoms with van der Waals surface area (Å²) in [5.41, 5.74) is 3.64. The van der Waals surface area contributed by atoms with Gasteiger partial charge in [-0.15, -0.1) is 0 Å². The molecule has 7 heteroatoms. The van der Waals surface area contributed by atoms with Crippen LogP contribution in [-0.2, 0) is 13.6 Å². The van der Waals surface area contributed by atoms with Crippen LogP contribution in [0, 0.1) is 10.1 Å². The quantitative estimate of drug-likeness (QED) is 0.357. The van der Waals surface area contributed by atoms with Crippen LogP contribution < -0.4 is 4.90 Å². The van der Waals surface area contributed by atoms with E-state index < -0.39 is 0 Å². The zero-order valence-electron chi connectivity index (χ0n) is 16.9. The van der Waals surface area contributed by atoms with Crippen LogP contribution in [0.4, 0.5) is 11.4 Å². The summed E-state index contributed by atoms with van der Waals surface area (Å²) in [7, 11) is 1.98. The highest BCUT2D eigenvalue weighted by molar-refractivity contribution is 6.09. The second kappa shape index (κ2) is 8.51. The van der Waals surface area contributed by atoms with Gasteiger partial charge in [0.2, 0.25) is 0 Å². The number of carbonyl (C=O) groups is 1. The van der Waals surface area contributed by atoms with Gasteiger partial charge in [-0.2, -0.15) is 0 Å². The van der Waals surface area contributed by atoms with E-state index in [1.165, 1.54) is 0 Å². The van der Waals surface area contributed by atoms with Crippen LogP contribution in [0.1, 0.15) is 21.6 Å². The van der Waals surface area contributed by atoms with E-state index in [2.05, 4.69) is 9.80 Å². The number of piperazine rings is 1. The van der Waals surface area contributed by atoms with E-state index in [9.17, 15) is 14.9 Å². The van der Waals surface area contributed by atoms with E-state index in [-0.39, 0.29) is 16.4 Å². The highest BCUT2D eigenvalue weighted by Crippen LogP contribution is 2.21. The van der Waals surface area contributed by atoms with Gasteiger partial charge in [-0.3, -0.25) is 19.8 Å². The van der Waals surface area contributed by atoms with Crippen molar-refractivity contribution in [2.75, 3.05) is 31.1 Å². The number of aryl methyl sites for hydroxylation is 1. The van der Waals surface area contributed by atoms with E-state index in [1.54, 1.807) is 12.1 Å². The van der Waals surface area contributed by atoms with Gasteiger partial charge >= 0.3 is 0 Å². The average molecular weight is 404 g/mol. The van der Waals surface area contributed by atoms with Crippen LogP contribution in [0.5, 0.6) is 0 Å². The fourth-order valence-electron chi connectivity index (χ4n) is 3.83. The molecule has 0 N–H and O–H groups in total. The van der Waals surface area contributed by atoms with Crippen molar-refractivity contribution in [1.29, 1.82) is 0 Å². The molecule has 2 aromatic carbocycles. The van der Waals surface area contributed by atoms with Crippen LogP contribution in [0.25, 0.3) is 0 Å². The van der Waals surface area contributed by atoms with Crippen molar-refractivity contribution in [1.82, 2.24) is 9.47 Å². The Morgan fingerprint density at radius 3 is 2.27 bits per heavy atom. The summed E-state index contributed by atoms with van der Waals surface area (Å²) in [5.74, 6) is 0.0421. The molecule has 3 aromatic rings. The first-order valence-electron chi connectivity index (χ1n) is 9.98. The Bertz CT molecular complexity index is 1040. The number of aromatic nitrogens is 1.